The Kier molecular flexibility index (Phi) is 4.96. The van der Waals surface area contributed by atoms with Gasteiger partial charge < -0.3 is 15.0 Å². The van der Waals surface area contributed by atoms with E-state index in [0.29, 0.717) is 0 Å². The number of pyridine rings is 1. The summed E-state index contributed by atoms with van der Waals surface area (Å²) in [5.74, 6) is 1.79. The predicted molar refractivity (Wildman–Crippen MR) is 82.7 cm³/mol. The molecule has 1 aromatic heterocycles. The number of rotatable bonds is 6. The fourth-order valence-electron chi connectivity index (χ4n) is 1.96. The number of ether oxygens (including phenoxy) is 1. The summed E-state index contributed by atoms with van der Waals surface area (Å²) in [6, 6.07) is 12.1. The van der Waals surface area contributed by atoms with E-state index in [-0.39, 0.29) is 0 Å². The molecule has 0 atom stereocenters. The van der Waals surface area contributed by atoms with Crippen LogP contribution in [0, 0.1) is 0 Å². The molecule has 1 heterocycles. The lowest BCUT2D eigenvalue weighted by Gasteiger charge is -2.19. The van der Waals surface area contributed by atoms with E-state index >= 15 is 0 Å². The second-order valence-corrected chi connectivity index (χ2v) is 4.56. The fraction of sp³-hybridized carbons (Fsp3) is 0.312. The summed E-state index contributed by atoms with van der Waals surface area (Å²) in [5, 5.41) is 3.32. The molecule has 4 nitrogen and oxygen atoms in total. The van der Waals surface area contributed by atoms with Gasteiger partial charge in [0.2, 0.25) is 0 Å². The highest BCUT2D eigenvalue weighted by Gasteiger charge is 2.06. The maximum absolute atomic E-state index is 5.18. The molecule has 1 aromatic carbocycles. The molecule has 0 aliphatic carbocycles. The van der Waals surface area contributed by atoms with E-state index in [1.54, 1.807) is 7.11 Å². The Balaban J connectivity index is 2.16. The van der Waals surface area contributed by atoms with Crippen molar-refractivity contribution in [3.05, 3.63) is 48.2 Å². The van der Waals surface area contributed by atoms with Gasteiger partial charge in [-0.05, 0) is 48.5 Å². The Morgan fingerprint density at radius 3 is 2.60 bits per heavy atom. The van der Waals surface area contributed by atoms with E-state index in [9.17, 15) is 0 Å². The summed E-state index contributed by atoms with van der Waals surface area (Å²) in [4.78, 5) is 6.50. The van der Waals surface area contributed by atoms with Gasteiger partial charge in [-0.3, -0.25) is 0 Å². The summed E-state index contributed by atoms with van der Waals surface area (Å²) in [5.41, 5.74) is 2.32. The first-order valence-electron chi connectivity index (χ1n) is 6.78. The van der Waals surface area contributed by atoms with E-state index in [4.69, 9.17) is 4.74 Å². The smallest absolute Gasteiger partial charge is 0.132 e. The van der Waals surface area contributed by atoms with Gasteiger partial charge in [-0.1, -0.05) is 6.92 Å². The lowest BCUT2D eigenvalue weighted by molar-refractivity contribution is 0.415. The second kappa shape index (κ2) is 6.91. The molecule has 4 heteroatoms. The van der Waals surface area contributed by atoms with Crippen LogP contribution in [0.15, 0.2) is 42.6 Å². The van der Waals surface area contributed by atoms with Gasteiger partial charge in [0, 0.05) is 25.5 Å². The summed E-state index contributed by atoms with van der Waals surface area (Å²) in [6.07, 6.45) is 1.85. The van der Waals surface area contributed by atoms with Crippen LogP contribution in [-0.2, 0) is 6.54 Å². The van der Waals surface area contributed by atoms with Crippen LogP contribution >= 0.6 is 0 Å². The number of methoxy groups -OCH3 is 1. The first-order chi connectivity index (χ1) is 9.74. The van der Waals surface area contributed by atoms with Crippen LogP contribution in [0.1, 0.15) is 12.5 Å². The third-order valence-corrected chi connectivity index (χ3v) is 3.19. The highest BCUT2D eigenvalue weighted by Crippen LogP contribution is 2.24. The average Bonchev–Trinajstić information content (AvgIpc) is 2.52. The summed E-state index contributed by atoms with van der Waals surface area (Å²) in [6.45, 7) is 3.93. The third kappa shape index (κ3) is 3.48. The molecule has 0 saturated carbocycles. The summed E-state index contributed by atoms with van der Waals surface area (Å²) < 4.78 is 5.18. The molecule has 0 aliphatic heterocycles. The van der Waals surface area contributed by atoms with Crippen LogP contribution in [-0.4, -0.2) is 25.7 Å². The lowest BCUT2D eigenvalue weighted by atomic mass is 10.2. The molecule has 20 heavy (non-hydrogen) atoms. The molecule has 0 saturated heterocycles. The average molecular weight is 271 g/mol. The third-order valence-electron chi connectivity index (χ3n) is 3.19. The number of nitrogens with one attached hydrogen (secondary N) is 1. The predicted octanol–water partition coefficient (Wildman–Crippen LogP) is 2.97. The van der Waals surface area contributed by atoms with Gasteiger partial charge in [-0.15, -0.1) is 0 Å². The molecular weight excluding hydrogens is 250 g/mol. The Hall–Kier alpha value is -2.07. The summed E-state index contributed by atoms with van der Waals surface area (Å²) >= 11 is 0. The number of nitrogens with zero attached hydrogens (tertiary/aromatic N) is 2. The van der Waals surface area contributed by atoms with E-state index in [1.165, 1.54) is 5.56 Å². The van der Waals surface area contributed by atoms with Gasteiger partial charge in [0.25, 0.3) is 0 Å². The van der Waals surface area contributed by atoms with Gasteiger partial charge in [-0.2, -0.15) is 0 Å². The number of anilines is 2. The minimum absolute atomic E-state index is 0.857. The highest BCUT2D eigenvalue weighted by molar-refractivity contribution is 5.60. The number of hydrogen-bond donors (Lipinski definition) is 1. The van der Waals surface area contributed by atoms with Crippen molar-refractivity contribution in [1.29, 1.82) is 0 Å². The zero-order chi connectivity index (χ0) is 14.4. The van der Waals surface area contributed by atoms with Gasteiger partial charge in [0.1, 0.15) is 11.6 Å². The highest BCUT2D eigenvalue weighted by atomic mass is 16.5. The van der Waals surface area contributed by atoms with Crippen LogP contribution in [0.4, 0.5) is 11.5 Å². The monoisotopic (exact) mass is 271 g/mol. The molecule has 0 unspecified atom stereocenters. The minimum atomic E-state index is 0.857. The number of aromatic nitrogens is 1. The SMILES string of the molecule is CCNCc1ccnc(N(C)c2ccc(OC)cc2)c1. The van der Waals surface area contributed by atoms with Crippen molar-refractivity contribution in [2.75, 3.05) is 25.6 Å². The molecule has 2 aromatic rings. The molecule has 0 amide bonds. The van der Waals surface area contributed by atoms with E-state index in [0.717, 1.165) is 30.3 Å². The van der Waals surface area contributed by atoms with Crippen molar-refractivity contribution in [2.24, 2.45) is 0 Å². The zero-order valence-electron chi connectivity index (χ0n) is 12.3. The molecule has 0 aliphatic rings. The lowest BCUT2D eigenvalue weighted by Crippen LogP contribution is -2.14. The summed E-state index contributed by atoms with van der Waals surface area (Å²) in [7, 11) is 3.69. The van der Waals surface area contributed by atoms with Crippen LogP contribution in [0.3, 0.4) is 0 Å². The molecule has 0 bridgehead atoms. The van der Waals surface area contributed by atoms with Crippen molar-refractivity contribution in [3.8, 4) is 5.75 Å². The maximum Gasteiger partial charge on any atom is 0.132 e. The minimum Gasteiger partial charge on any atom is -0.497 e. The van der Waals surface area contributed by atoms with E-state index in [2.05, 4.69) is 28.2 Å². The van der Waals surface area contributed by atoms with E-state index in [1.807, 2.05) is 43.6 Å². The second-order valence-electron chi connectivity index (χ2n) is 4.56. The van der Waals surface area contributed by atoms with Crippen LogP contribution in [0.2, 0.25) is 0 Å². The topological polar surface area (TPSA) is 37.4 Å². The quantitative estimate of drug-likeness (QED) is 0.876. The van der Waals surface area contributed by atoms with Crippen LogP contribution < -0.4 is 15.0 Å². The van der Waals surface area contributed by atoms with Crippen molar-refractivity contribution in [1.82, 2.24) is 10.3 Å². The van der Waals surface area contributed by atoms with Crippen LogP contribution in [0.25, 0.3) is 0 Å². The Bertz CT molecular complexity index is 540. The van der Waals surface area contributed by atoms with Gasteiger partial charge in [-0.25, -0.2) is 4.98 Å². The van der Waals surface area contributed by atoms with E-state index < -0.39 is 0 Å². The molecule has 2 rings (SSSR count). The maximum atomic E-state index is 5.18. The molecule has 1 N–H and O–H groups in total. The van der Waals surface area contributed by atoms with Gasteiger partial charge in [0.05, 0.1) is 7.11 Å². The Morgan fingerprint density at radius 2 is 1.95 bits per heavy atom. The van der Waals surface area contributed by atoms with Crippen molar-refractivity contribution in [3.63, 3.8) is 0 Å². The van der Waals surface area contributed by atoms with Crippen molar-refractivity contribution < 1.29 is 4.74 Å². The van der Waals surface area contributed by atoms with Crippen LogP contribution in [0.5, 0.6) is 5.75 Å². The largest absolute Gasteiger partial charge is 0.497 e. The van der Waals surface area contributed by atoms with Crippen molar-refractivity contribution >= 4 is 11.5 Å². The molecule has 0 spiro atoms. The van der Waals surface area contributed by atoms with Crippen molar-refractivity contribution in [2.45, 2.75) is 13.5 Å². The van der Waals surface area contributed by atoms with Gasteiger partial charge in [0.15, 0.2) is 0 Å². The molecule has 106 valence electrons. The first-order valence-corrected chi connectivity index (χ1v) is 6.78. The Morgan fingerprint density at radius 1 is 1.20 bits per heavy atom. The molecular formula is C16H21N3O. The fourth-order valence-corrected chi connectivity index (χ4v) is 1.96. The molecule has 0 radical (unpaired) electrons. The zero-order valence-corrected chi connectivity index (χ0v) is 12.3. The molecule has 0 fully saturated rings. The van der Waals surface area contributed by atoms with Gasteiger partial charge >= 0.3 is 0 Å². The Labute approximate surface area is 120 Å². The normalized spacial score (nSPS) is 10.3. The number of hydrogen-bond acceptors (Lipinski definition) is 4. The number of benzene rings is 1. The standard InChI is InChI=1S/C16H21N3O/c1-4-17-12-13-9-10-18-16(11-13)19(2)14-5-7-15(20-3)8-6-14/h5-11,17H,4,12H2,1-3H3. The first kappa shape index (κ1) is 14.3.